The molecule has 31 heavy (non-hydrogen) atoms. The molecule has 1 atom stereocenters. The Labute approximate surface area is 180 Å². The van der Waals surface area contributed by atoms with E-state index < -0.39 is 0 Å². The Morgan fingerprint density at radius 2 is 1.61 bits per heavy atom. The van der Waals surface area contributed by atoms with Gasteiger partial charge in [0.1, 0.15) is 29.0 Å². The van der Waals surface area contributed by atoms with Crippen LogP contribution in [0, 0.1) is 5.82 Å². The molecule has 0 aliphatic carbocycles. The van der Waals surface area contributed by atoms with Crippen molar-refractivity contribution in [3.8, 4) is 16.9 Å². The van der Waals surface area contributed by atoms with Crippen LogP contribution >= 0.6 is 0 Å². The summed E-state index contributed by atoms with van der Waals surface area (Å²) in [5.41, 5.74) is 2.95. The average Bonchev–Trinajstić information content (AvgIpc) is 2.80. The molecule has 0 saturated heterocycles. The lowest BCUT2D eigenvalue weighted by atomic mass is 10.1. The van der Waals surface area contributed by atoms with Crippen molar-refractivity contribution in [3.63, 3.8) is 0 Å². The lowest BCUT2D eigenvalue weighted by Gasteiger charge is -2.17. The number of halogens is 1. The molecule has 0 saturated carbocycles. The van der Waals surface area contributed by atoms with Crippen molar-refractivity contribution < 1.29 is 9.13 Å². The van der Waals surface area contributed by atoms with E-state index >= 15 is 0 Å². The summed E-state index contributed by atoms with van der Waals surface area (Å²) in [7, 11) is 1.64. The van der Waals surface area contributed by atoms with Gasteiger partial charge >= 0.3 is 0 Å². The number of hydrogen-bond donors (Lipinski definition) is 2. The molecule has 4 aromatic rings. The van der Waals surface area contributed by atoms with E-state index in [2.05, 4.69) is 25.6 Å². The predicted octanol–water partition coefficient (Wildman–Crippen LogP) is 5.60. The molecule has 0 aliphatic heterocycles. The normalized spacial score (nSPS) is 11.6. The van der Waals surface area contributed by atoms with E-state index in [9.17, 15) is 4.39 Å². The Bertz CT molecular complexity index is 1130. The summed E-state index contributed by atoms with van der Waals surface area (Å²) >= 11 is 0. The maximum absolute atomic E-state index is 13.3. The summed E-state index contributed by atoms with van der Waals surface area (Å²) in [6.07, 6.45) is 4.87. The Morgan fingerprint density at radius 1 is 0.871 bits per heavy atom. The van der Waals surface area contributed by atoms with E-state index in [1.807, 2.05) is 43.3 Å². The fourth-order valence-corrected chi connectivity index (χ4v) is 3.17. The number of methoxy groups -OCH3 is 1. The van der Waals surface area contributed by atoms with E-state index in [0.29, 0.717) is 17.5 Å². The minimum absolute atomic E-state index is 0.0661. The minimum atomic E-state index is -0.258. The smallest absolute Gasteiger partial charge is 0.150 e. The molecule has 0 amide bonds. The Morgan fingerprint density at radius 3 is 2.29 bits per heavy atom. The number of anilines is 3. The zero-order valence-electron chi connectivity index (χ0n) is 17.2. The van der Waals surface area contributed by atoms with Gasteiger partial charge in [-0.3, -0.25) is 4.98 Å². The summed E-state index contributed by atoms with van der Waals surface area (Å²) in [5.74, 6) is 2.43. The molecule has 7 heteroatoms. The van der Waals surface area contributed by atoms with Crippen molar-refractivity contribution in [1.29, 1.82) is 0 Å². The van der Waals surface area contributed by atoms with Gasteiger partial charge in [0.2, 0.25) is 0 Å². The van der Waals surface area contributed by atoms with Crippen LogP contribution in [0.3, 0.4) is 0 Å². The van der Waals surface area contributed by atoms with Crippen molar-refractivity contribution in [3.05, 3.63) is 90.6 Å². The maximum atomic E-state index is 13.3. The molecular formula is C24H22FN5O. The van der Waals surface area contributed by atoms with Crippen LogP contribution in [0.4, 0.5) is 21.8 Å². The zero-order chi connectivity index (χ0) is 21.6. The summed E-state index contributed by atoms with van der Waals surface area (Å²) in [6, 6.07) is 18.1. The van der Waals surface area contributed by atoms with Crippen LogP contribution < -0.4 is 15.4 Å². The topological polar surface area (TPSA) is 72.0 Å². The van der Waals surface area contributed by atoms with Crippen LogP contribution in [-0.2, 0) is 0 Å². The van der Waals surface area contributed by atoms with Gasteiger partial charge in [-0.15, -0.1) is 0 Å². The molecule has 2 heterocycles. The lowest BCUT2D eigenvalue weighted by Crippen LogP contribution is -2.09. The summed E-state index contributed by atoms with van der Waals surface area (Å²) in [4.78, 5) is 13.0. The highest BCUT2D eigenvalue weighted by Gasteiger charge is 2.11. The number of hydrogen-bond acceptors (Lipinski definition) is 6. The monoisotopic (exact) mass is 415 g/mol. The van der Waals surface area contributed by atoms with Gasteiger partial charge in [-0.1, -0.05) is 24.3 Å². The summed E-state index contributed by atoms with van der Waals surface area (Å²) < 4.78 is 18.5. The quantitative estimate of drug-likeness (QED) is 0.409. The van der Waals surface area contributed by atoms with E-state index in [4.69, 9.17) is 4.74 Å². The van der Waals surface area contributed by atoms with Gasteiger partial charge in [-0.2, -0.15) is 0 Å². The number of aromatic nitrogens is 3. The molecule has 0 spiro atoms. The van der Waals surface area contributed by atoms with Gasteiger partial charge in [0.05, 0.1) is 13.3 Å². The maximum Gasteiger partial charge on any atom is 0.150 e. The number of nitrogens with one attached hydrogen (secondary N) is 2. The second kappa shape index (κ2) is 9.21. The van der Waals surface area contributed by atoms with Crippen molar-refractivity contribution >= 4 is 17.5 Å². The third-order valence-corrected chi connectivity index (χ3v) is 4.80. The number of benzene rings is 2. The van der Waals surface area contributed by atoms with Crippen molar-refractivity contribution in [1.82, 2.24) is 15.0 Å². The molecule has 2 aromatic carbocycles. The molecular weight excluding hydrogens is 393 g/mol. The fraction of sp³-hybridized carbons (Fsp3) is 0.125. The minimum Gasteiger partial charge on any atom is -0.497 e. The number of pyridine rings is 1. The first-order valence-electron chi connectivity index (χ1n) is 9.82. The highest BCUT2D eigenvalue weighted by Crippen LogP contribution is 2.29. The summed E-state index contributed by atoms with van der Waals surface area (Å²) in [5, 5.41) is 6.60. The lowest BCUT2D eigenvalue weighted by molar-refractivity contribution is 0.415. The Balaban J connectivity index is 1.67. The first-order valence-corrected chi connectivity index (χ1v) is 9.82. The average molecular weight is 415 g/mol. The molecule has 0 bridgehead atoms. The molecule has 1 unspecified atom stereocenters. The van der Waals surface area contributed by atoms with Gasteiger partial charge in [-0.25, -0.2) is 14.4 Å². The van der Waals surface area contributed by atoms with Crippen LogP contribution in [0.25, 0.3) is 11.1 Å². The highest BCUT2D eigenvalue weighted by molar-refractivity contribution is 5.72. The van der Waals surface area contributed by atoms with Crippen LogP contribution in [0.15, 0.2) is 79.3 Å². The van der Waals surface area contributed by atoms with Gasteiger partial charge in [0, 0.05) is 18.4 Å². The molecule has 4 rings (SSSR count). The van der Waals surface area contributed by atoms with Crippen LogP contribution in [0.2, 0.25) is 0 Å². The number of ether oxygens (including phenoxy) is 1. The first-order chi connectivity index (χ1) is 15.1. The number of nitrogens with zero attached hydrogens (tertiary/aromatic N) is 3. The Hall–Kier alpha value is -4.00. The van der Waals surface area contributed by atoms with Gasteiger partial charge < -0.3 is 15.4 Å². The fourth-order valence-electron chi connectivity index (χ4n) is 3.17. The Kier molecular flexibility index (Phi) is 6.03. The van der Waals surface area contributed by atoms with E-state index in [0.717, 1.165) is 22.4 Å². The van der Waals surface area contributed by atoms with E-state index in [1.54, 1.807) is 37.8 Å². The van der Waals surface area contributed by atoms with Gasteiger partial charge in [-0.05, 0) is 60.0 Å². The molecule has 156 valence electrons. The first kappa shape index (κ1) is 20.3. The summed E-state index contributed by atoms with van der Waals surface area (Å²) in [6.45, 7) is 2.00. The van der Waals surface area contributed by atoms with Crippen molar-refractivity contribution in [2.75, 3.05) is 17.7 Å². The van der Waals surface area contributed by atoms with Crippen molar-refractivity contribution in [2.45, 2.75) is 13.0 Å². The zero-order valence-corrected chi connectivity index (χ0v) is 17.2. The van der Waals surface area contributed by atoms with E-state index in [1.165, 1.54) is 12.1 Å². The van der Waals surface area contributed by atoms with Crippen molar-refractivity contribution in [2.24, 2.45) is 0 Å². The van der Waals surface area contributed by atoms with Crippen LogP contribution in [0.1, 0.15) is 18.5 Å². The standard InChI is InChI=1S/C24H22FN5O/c1-16(17-3-7-20(25)8-4-17)28-22-13-19(18-5-9-21(31-2)10-6-18)14-23(29-22)30-24-15-26-11-12-27-24/h3-16H,1-2H3,(H2,27,28,29,30). The van der Waals surface area contributed by atoms with E-state index in [-0.39, 0.29) is 11.9 Å². The molecule has 0 aliphatic rings. The third kappa shape index (κ3) is 5.14. The molecule has 6 nitrogen and oxygen atoms in total. The largest absolute Gasteiger partial charge is 0.497 e. The molecule has 2 aromatic heterocycles. The van der Waals surface area contributed by atoms with Gasteiger partial charge in [0.25, 0.3) is 0 Å². The SMILES string of the molecule is COc1ccc(-c2cc(Nc3cnccn3)nc(NC(C)c3ccc(F)cc3)c2)cc1. The second-order valence-corrected chi connectivity index (χ2v) is 6.99. The molecule has 0 fully saturated rings. The molecule has 2 N–H and O–H groups in total. The predicted molar refractivity (Wildman–Crippen MR) is 120 cm³/mol. The van der Waals surface area contributed by atoms with Crippen LogP contribution in [0.5, 0.6) is 5.75 Å². The molecule has 0 radical (unpaired) electrons. The third-order valence-electron chi connectivity index (χ3n) is 4.80. The highest BCUT2D eigenvalue weighted by atomic mass is 19.1. The van der Waals surface area contributed by atoms with Gasteiger partial charge in [0.15, 0.2) is 0 Å². The van der Waals surface area contributed by atoms with Crippen LogP contribution in [-0.4, -0.2) is 22.1 Å². The number of rotatable bonds is 7. The second-order valence-electron chi connectivity index (χ2n) is 6.99.